The molecule has 0 aliphatic carbocycles. The normalized spacial score (nSPS) is 10.9. The van der Waals surface area contributed by atoms with Crippen LogP contribution in [0, 0.1) is 6.92 Å². The summed E-state index contributed by atoms with van der Waals surface area (Å²) < 4.78 is 5.04. The molecule has 0 bridgehead atoms. The maximum Gasteiger partial charge on any atom is 0.335 e. The zero-order valence-electron chi connectivity index (χ0n) is 11.1. The molecule has 2 aromatic rings. The quantitative estimate of drug-likeness (QED) is 0.897. The minimum absolute atomic E-state index is 0.332. The molecule has 100 valence electrons. The summed E-state index contributed by atoms with van der Waals surface area (Å²) in [5.41, 5.74) is 3.59. The largest absolute Gasteiger partial charge is 0.478 e. The van der Waals surface area contributed by atoms with Crippen molar-refractivity contribution in [2.45, 2.75) is 20.0 Å². The predicted molar refractivity (Wildman–Crippen MR) is 72.0 cm³/mol. The number of aryl methyl sites for hydroxylation is 1. The molecule has 0 aliphatic heterocycles. The Bertz CT molecular complexity index is 561. The molecule has 4 nitrogen and oxygen atoms in total. The topological polar surface area (TPSA) is 53.7 Å². The molecule has 2 rings (SSSR count). The van der Waals surface area contributed by atoms with Crippen LogP contribution in [0.3, 0.4) is 0 Å². The number of nitrogens with zero attached hydrogens (tertiary/aromatic N) is 1. The van der Waals surface area contributed by atoms with E-state index in [0.29, 0.717) is 5.56 Å². The van der Waals surface area contributed by atoms with Crippen LogP contribution in [0.5, 0.6) is 0 Å². The number of furan rings is 1. The summed E-state index contributed by atoms with van der Waals surface area (Å²) in [7, 11) is 2.03. The lowest BCUT2D eigenvalue weighted by Gasteiger charge is -2.17. The van der Waals surface area contributed by atoms with Gasteiger partial charge in [-0.2, -0.15) is 0 Å². The fourth-order valence-corrected chi connectivity index (χ4v) is 2.05. The van der Waals surface area contributed by atoms with Gasteiger partial charge < -0.3 is 9.52 Å². The smallest absolute Gasteiger partial charge is 0.335 e. The van der Waals surface area contributed by atoms with Crippen LogP contribution in [-0.4, -0.2) is 23.0 Å². The van der Waals surface area contributed by atoms with Gasteiger partial charge in [-0.3, -0.25) is 4.90 Å². The number of carboxylic acid groups (broad SMARTS) is 1. The molecule has 0 spiro atoms. The lowest BCUT2D eigenvalue weighted by molar-refractivity contribution is 0.0696. The lowest BCUT2D eigenvalue weighted by atomic mass is 10.0. The maximum absolute atomic E-state index is 10.9. The highest BCUT2D eigenvalue weighted by atomic mass is 16.4. The van der Waals surface area contributed by atoms with E-state index in [4.69, 9.17) is 9.52 Å². The van der Waals surface area contributed by atoms with E-state index in [1.54, 1.807) is 24.7 Å². The molecule has 1 heterocycles. The molecule has 0 aliphatic rings. The van der Waals surface area contributed by atoms with Crippen LogP contribution in [0.25, 0.3) is 0 Å². The highest BCUT2D eigenvalue weighted by Crippen LogP contribution is 2.14. The molecule has 0 amide bonds. The van der Waals surface area contributed by atoms with Crippen molar-refractivity contribution >= 4 is 5.97 Å². The number of rotatable bonds is 5. The van der Waals surface area contributed by atoms with E-state index >= 15 is 0 Å². The molecule has 4 heteroatoms. The third-order valence-corrected chi connectivity index (χ3v) is 3.06. The molecule has 0 fully saturated rings. The van der Waals surface area contributed by atoms with Gasteiger partial charge in [0.25, 0.3) is 0 Å². The van der Waals surface area contributed by atoms with Crippen LogP contribution in [0.4, 0.5) is 0 Å². The van der Waals surface area contributed by atoms with E-state index in [-0.39, 0.29) is 0 Å². The molecule has 0 radical (unpaired) electrons. The van der Waals surface area contributed by atoms with Gasteiger partial charge in [-0.25, -0.2) is 4.79 Å². The first kappa shape index (κ1) is 13.4. The van der Waals surface area contributed by atoms with E-state index in [9.17, 15) is 4.79 Å². The first-order valence-corrected chi connectivity index (χ1v) is 6.08. The molecule has 1 N–H and O–H groups in total. The molecular weight excluding hydrogens is 242 g/mol. The Morgan fingerprint density at radius 3 is 2.68 bits per heavy atom. The Hall–Kier alpha value is -2.07. The Morgan fingerprint density at radius 2 is 2.11 bits per heavy atom. The SMILES string of the molecule is Cc1cc(C(=O)O)ccc1CN(C)Cc1ccoc1. The number of hydrogen-bond donors (Lipinski definition) is 1. The number of aromatic carboxylic acids is 1. The summed E-state index contributed by atoms with van der Waals surface area (Å²) >= 11 is 0. The van der Waals surface area contributed by atoms with Gasteiger partial charge in [-0.1, -0.05) is 6.07 Å². The van der Waals surface area contributed by atoms with E-state index in [0.717, 1.165) is 29.8 Å². The zero-order chi connectivity index (χ0) is 13.8. The summed E-state index contributed by atoms with van der Waals surface area (Å²) in [5, 5.41) is 8.93. The highest BCUT2D eigenvalue weighted by molar-refractivity contribution is 5.87. The second-order valence-electron chi connectivity index (χ2n) is 4.75. The van der Waals surface area contributed by atoms with Crippen LogP contribution >= 0.6 is 0 Å². The van der Waals surface area contributed by atoms with Gasteiger partial charge in [0.1, 0.15) is 0 Å². The molecule has 0 atom stereocenters. The molecule has 1 aromatic carbocycles. The molecule has 0 saturated carbocycles. The van der Waals surface area contributed by atoms with Gasteiger partial charge in [0.15, 0.2) is 0 Å². The van der Waals surface area contributed by atoms with Gasteiger partial charge in [-0.15, -0.1) is 0 Å². The van der Waals surface area contributed by atoms with E-state index in [2.05, 4.69) is 4.90 Å². The third kappa shape index (κ3) is 3.45. The van der Waals surface area contributed by atoms with Gasteiger partial charge >= 0.3 is 5.97 Å². The Kier molecular flexibility index (Phi) is 4.02. The first-order valence-electron chi connectivity index (χ1n) is 6.08. The maximum atomic E-state index is 10.9. The van der Waals surface area contributed by atoms with Gasteiger partial charge in [0.2, 0.25) is 0 Å². The average molecular weight is 259 g/mol. The summed E-state index contributed by atoms with van der Waals surface area (Å²) in [5.74, 6) is -0.888. The molecular formula is C15H17NO3. The van der Waals surface area contributed by atoms with Crippen molar-refractivity contribution in [2.24, 2.45) is 0 Å². The van der Waals surface area contributed by atoms with Crippen molar-refractivity contribution in [2.75, 3.05) is 7.05 Å². The third-order valence-electron chi connectivity index (χ3n) is 3.06. The van der Waals surface area contributed by atoms with Gasteiger partial charge in [0.05, 0.1) is 18.1 Å². The Labute approximate surface area is 112 Å². The number of carboxylic acids is 1. The van der Waals surface area contributed by atoms with Crippen molar-refractivity contribution in [1.82, 2.24) is 4.90 Å². The van der Waals surface area contributed by atoms with Crippen LogP contribution in [0.1, 0.15) is 27.0 Å². The van der Waals surface area contributed by atoms with Crippen LogP contribution in [-0.2, 0) is 13.1 Å². The fourth-order valence-electron chi connectivity index (χ4n) is 2.05. The van der Waals surface area contributed by atoms with Crippen molar-refractivity contribution < 1.29 is 14.3 Å². The van der Waals surface area contributed by atoms with Crippen LogP contribution < -0.4 is 0 Å². The molecule has 1 aromatic heterocycles. The van der Waals surface area contributed by atoms with E-state index in [1.807, 2.05) is 26.1 Å². The predicted octanol–water partition coefficient (Wildman–Crippen LogP) is 2.92. The summed E-state index contributed by atoms with van der Waals surface area (Å²) in [6.07, 6.45) is 3.40. The lowest BCUT2D eigenvalue weighted by Crippen LogP contribution is -2.17. The Morgan fingerprint density at radius 1 is 1.32 bits per heavy atom. The van der Waals surface area contributed by atoms with Gasteiger partial charge in [-0.05, 0) is 43.3 Å². The van der Waals surface area contributed by atoms with E-state index in [1.165, 1.54) is 0 Å². The van der Waals surface area contributed by atoms with Crippen molar-refractivity contribution in [3.05, 3.63) is 59.0 Å². The second kappa shape index (κ2) is 5.71. The minimum Gasteiger partial charge on any atom is -0.478 e. The number of carbonyl (C=O) groups is 1. The average Bonchev–Trinajstić information content (AvgIpc) is 2.84. The van der Waals surface area contributed by atoms with Crippen molar-refractivity contribution in [1.29, 1.82) is 0 Å². The highest BCUT2D eigenvalue weighted by Gasteiger charge is 2.08. The monoisotopic (exact) mass is 259 g/mol. The van der Waals surface area contributed by atoms with Gasteiger partial charge in [0, 0.05) is 18.7 Å². The fraction of sp³-hybridized carbons (Fsp3) is 0.267. The molecule has 0 unspecified atom stereocenters. The number of hydrogen-bond acceptors (Lipinski definition) is 3. The zero-order valence-corrected chi connectivity index (χ0v) is 11.1. The molecule has 0 saturated heterocycles. The minimum atomic E-state index is -0.888. The number of benzene rings is 1. The van der Waals surface area contributed by atoms with Crippen LogP contribution in [0.2, 0.25) is 0 Å². The second-order valence-corrected chi connectivity index (χ2v) is 4.75. The van der Waals surface area contributed by atoms with Crippen LogP contribution in [0.15, 0.2) is 41.2 Å². The summed E-state index contributed by atoms with van der Waals surface area (Å²) in [4.78, 5) is 13.0. The standard InChI is InChI=1S/C15H17NO3/c1-11-7-13(15(17)18)3-4-14(11)9-16(2)8-12-5-6-19-10-12/h3-7,10H,8-9H2,1-2H3,(H,17,18). The van der Waals surface area contributed by atoms with Crippen molar-refractivity contribution in [3.63, 3.8) is 0 Å². The summed E-state index contributed by atoms with van der Waals surface area (Å²) in [6, 6.07) is 7.18. The molecule has 19 heavy (non-hydrogen) atoms. The van der Waals surface area contributed by atoms with Crippen molar-refractivity contribution in [3.8, 4) is 0 Å². The summed E-state index contributed by atoms with van der Waals surface area (Å²) in [6.45, 7) is 3.51. The van der Waals surface area contributed by atoms with E-state index < -0.39 is 5.97 Å². The Balaban J connectivity index is 2.04. The first-order chi connectivity index (χ1) is 9.06.